The molecule has 3 nitrogen and oxygen atoms in total. The molecule has 0 aliphatic carbocycles. The van der Waals surface area contributed by atoms with Gasteiger partial charge in [0.15, 0.2) is 0 Å². The van der Waals surface area contributed by atoms with Gasteiger partial charge in [-0.1, -0.05) is 13.3 Å². The summed E-state index contributed by atoms with van der Waals surface area (Å²) in [5.41, 5.74) is 0. The number of hydrogen-bond acceptors (Lipinski definition) is 3. The van der Waals surface area contributed by atoms with E-state index in [1.165, 1.54) is 0 Å². The standard InChI is InChI=1S/C10H18ClN3/c1-3-8-5-13-7-10(2,11)9(4-12)14-6-8/h8-9,13-14H,3,5-7H2,1-2H3. The predicted octanol–water partition coefficient (Wildman–Crippen LogP) is 1.10. The van der Waals surface area contributed by atoms with E-state index in [0.717, 1.165) is 19.5 Å². The fourth-order valence-electron chi connectivity index (χ4n) is 1.66. The molecule has 80 valence electrons. The largest absolute Gasteiger partial charge is 0.315 e. The second-order valence-corrected chi connectivity index (χ2v) is 5.02. The van der Waals surface area contributed by atoms with Crippen molar-refractivity contribution in [3.05, 3.63) is 0 Å². The fraction of sp³-hybridized carbons (Fsp3) is 0.900. The van der Waals surface area contributed by atoms with Crippen LogP contribution in [0.25, 0.3) is 0 Å². The maximum absolute atomic E-state index is 8.98. The molecule has 1 fully saturated rings. The topological polar surface area (TPSA) is 47.9 Å². The van der Waals surface area contributed by atoms with Crippen LogP contribution >= 0.6 is 11.6 Å². The van der Waals surface area contributed by atoms with Crippen LogP contribution in [-0.4, -0.2) is 30.6 Å². The summed E-state index contributed by atoms with van der Waals surface area (Å²) in [6.07, 6.45) is 1.12. The first kappa shape index (κ1) is 11.8. The van der Waals surface area contributed by atoms with Crippen LogP contribution < -0.4 is 10.6 Å². The molecule has 0 aromatic carbocycles. The maximum Gasteiger partial charge on any atom is 0.116 e. The Kier molecular flexibility index (Phi) is 4.18. The van der Waals surface area contributed by atoms with Crippen LogP contribution in [0.4, 0.5) is 0 Å². The molecule has 1 saturated heterocycles. The number of hydrogen-bond donors (Lipinski definition) is 2. The van der Waals surface area contributed by atoms with Crippen molar-refractivity contribution < 1.29 is 0 Å². The Morgan fingerprint density at radius 1 is 1.57 bits per heavy atom. The van der Waals surface area contributed by atoms with Crippen molar-refractivity contribution in [1.29, 1.82) is 5.26 Å². The zero-order valence-corrected chi connectivity index (χ0v) is 9.56. The van der Waals surface area contributed by atoms with Crippen LogP contribution in [0.1, 0.15) is 20.3 Å². The third-order valence-electron chi connectivity index (χ3n) is 2.82. The zero-order valence-electron chi connectivity index (χ0n) is 8.81. The summed E-state index contributed by atoms with van der Waals surface area (Å²) in [5.74, 6) is 0.596. The number of nitrogens with zero attached hydrogens (tertiary/aromatic N) is 1. The SMILES string of the molecule is CCC1CNCC(C)(Cl)C(C#N)NC1. The summed E-state index contributed by atoms with van der Waals surface area (Å²) in [5, 5.41) is 15.5. The van der Waals surface area contributed by atoms with Crippen molar-refractivity contribution in [2.75, 3.05) is 19.6 Å². The third-order valence-corrected chi connectivity index (χ3v) is 3.17. The Morgan fingerprint density at radius 2 is 2.29 bits per heavy atom. The molecule has 0 bridgehead atoms. The van der Waals surface area contributed by atoms with Gasteiger partial charge in [-0.3, -0.25) is 0 Å². The molecular formula is C10H18ClN3. The lowest BCUT2D eigenvalue weighted by Gasteiger charge is -2.33. The number of rotatable bonds is 1. The zero-order chi connectivity index (χ0) is 10.6. The Bertz CT molecular complexity index is 222. The molecule has 2 N–H and O–H groups in total. The van der Waals surface area contributed by atoms with Crippen molar-refractivity contribution in [3.8, 4) is 6.07 Å². The van der Waals surface area contributed by atoms with Crippen molar-refractivity contribution in [3.63, 3.8) is 0 Å². The number of nitrogens with one attached hydrogen (secondary N) is 2. The van der Waals surface area contributed by atoms with Gasteiger partial charge in [0.2, 0.25) is 0 Å². The highest BCUT2D eigenvalue weighted by Gasteiger charge is 2.33. The minimum Gasteiger partial charge on any atom is -0.315 e. The van der Waals surface area contributed by atoms with E-state index >= 15 is 0 Å². The van der Waals surface area contributed by atoms with Crippen LogP contribution in [0.2, 0.25) is 0 Å². The first-order valence-electron chi connectivity index (χ1n) is 5.12. The van der Waals surface area contributed by atoms with E-state index in [1.54, 1.807) is 0 Å². The second kappa shape index (κ2) is 4.97. The molecule has 4 heteroatoms. The average Bonchev–Trinajstić information content (AvgIpc) is 2.12. The molecule has 0 aromatic rings. The lowest BCUT2D eigenvalue weighted by molar-refractivity contribution is 0.340. The van der Waals surface area contributed by atoms with Crippen LogP contribution in [0.15, 0.2) is 0 Å². The second-order valence-electron chi connectivity index (χ2n) is 4.15. The van der Waals surface area contributed by atoms with Gasteiger partial charge >= 0.3 is 0 Å². The van der Waals surface area contributed by atoms with E-state index in [0.29, 0.717) is 12.5 Å². The van der Waals surface area contributed by atoms with Gasteiger partial charge in [0, 0.05) is 13.1 Å². The molecule has 1 heterocycles. The van der Waals surface area contributed by atoms with Crippen LogP contribution in [0, 0.1) is 17.2 Å². The smallest absolute Gasteiger partial charge is 0.116 e. The highest BCUT2D eigenvalue weighted by atomic mass is 35.5. The summed E-state index contributed by atoms with van der Waals surface area (Å²) in [6.45, 7) is 6.58. The van der Waals surface area contributed by atoms with Crippen molar-refractivity contribution in [2.45, 2.75) is 31.2 Å². The third kappa shape index (κ3) is 2.84. The monoisotopic (exact) mass is 215 g/mol. The Labute approximate surface area is 90.8 Å². The van der Waals surface area contributed by atoms with Gasteiger partial charge in [-0.25, -0.2) is 0 Å². The van der Waals surface area contributed by atoms with Crippen LogP contribution in [-0.2, 0) is 0 Å². The molecule has 0 spiro atoms. The Hall–Kier alpha value is -0.300. The molecule has 14 heavy (non-hydrogen) atoms. The molecule has 1 aliphatic rings. The van der Waals surface area contributed by atoms with Crippen LogP contribution in [0.3, 0.4) is 0 Å². The van der Waals surface area contributed by atoms with Gasteiger partial charge in [-0.05, 0) is 19.4 Å². The van der Waals surface area contributed by atoms with Gasteiger partial charge in [0.25, 0.3) is 0 Å². The molecule has 0 radical (unpaired) electrons. The molecule has 3 atom stereocenters. The lowest BCUT2D eigenvalue weighted by atomic mass is 9.97. The summed E-state index contributed by atoms with van der Waals surface area (Å²) in [4.78, 5) is -0.506. The van der Waals surface area contributed by atoms with Gasteiger partial charge < -0.3 is 10.6 Å². The summed E-state index contributed by atoms with van der Waals surface area (Å²) < 4.78 is 0. The highest BCUT2D eigenvalue weighted by Crippen LogP contribution is 2.20. The van der Waals surface area contributed by atoms with Gasteiger partial charge in [-0.2, -0.15) is 5.26 Å². The molecule has 1 aliphatic heterocycles. The normalized spacial score (nSPS) is 39.6. The van der Waals surface area contributed by atoms with E-state index < -0.39 is 4.87 Å². The summed E-state index contributed by atoms with van der Waals surface area (Å²) >= 11 is 6.26. The van der Waals surface area contributed by atoms with E-state index in [-0.39, 0.29) is 6.04 Å². The number of nitriles is 1. The number of alkyl halides is 1. The molecule has 1 rings (SSSR count). The quantitative estimate of drug-likeness (QED) is 0.644. The molecular weight excluding hydrogens is 198 g/mol. The molecule has 0 saturated carbocycles. The van der Waals surface area contributed by atoms with Crippen molar-refractivity contribution >= 4 is 11.6 Å². The summed E-state index contributed by atoms with van der Waals surface area (Å²) in [6, 6.07) is 1.95. The van der Waals surface area contributed by atoms with E-state index in [1.807, 2.05) is 6.92 Å². The fourth-order valence-corrected chi connectivity index (χ4v) is 1.88. The van der Waals surface area contributed by atoms with E-state index in [2.05, 4.69) is 23.6 Å². The molecule has 3 unspecified atom stereocenters. The highest BCUT2D eigenvalue weighted by molar-refractivity contribution is 6.24. The number of halogens is 1. The first-order valence-corrected chi connectivity index (χ1v) is 5.50. The maximum atomic E-state index is 8.98. The predicted molar refractivity (Wildman–Crippen MR) is 58.3 cm³/mol. The Morgan fingerprint density at radius 3 is 2.86 bits per heavy atom. The Balaban J connectivity index is 2.61. The van der Waals surface area contributed by atoms with Gasteiger partial charge in [-0.15, -0.1) is 11.6 Å². The van der Waals surface area contributed by atoms with Crippen LogP contribution in [0.5, 0.6) is 0 Å². The lowest BCUT2D eigenvalue weighted by Crippen LogP contribution is -2.54. The van der Waals surface area contributed by atoms with Crippen molar-refractivity contribution in [1.82, 2.24) is 10.6 Å². The minimum atomic E-state index is -0.506. The average molecular weight is 216 g/mol. The first-order chi connectivity index (χ1) is 6.60. The van der Waals surface area contributed by atoms with Gasteiger partial charge in [0.1, 0.15) is 6.04 Å². The van der Waals surface area contributed by atoms with Gasteiger partial charge in [0.05, 0.1) is 10.9 Å². The van der Waals surface area contributed by atoms with Crippen molar-refractivity contribution in [2.24, 2.45) is 5.92 Å². The minimum absolute atomic E-state index is 0.272. The summed E-state index contributed by atoms with van der Waals surface area (Å²) in [7, 11) is 0. The van der Waals surface area contributed by atoms with E-state index in [9.17, 15) is 0 Å². The molecule has 0 amide bonds. The van der Waals surface area contributed by atoms with E-state index in [4.69, 9.17) is 16.9 Å². The molecule has 0 aromatic heterocycles.